The van der Waals surface area contributed by atoms with Crippen LogP contribution >= 0.6 is 11.8 Å². The van der Waals surface area contributed by atoms with Crippen molar-refractivity contribution in [3.8, 4) is 5.75 Å². The highest BCUT2D eigenvalue weighted by Gasteiger charge is 2.25. The monoisotopic (exact) mass is 360 g/mol. The zero-order chi connectivity index (χ0) is 18.0. The van der Waals surface area contributed by atoms with Crippen LogP contribution < -0.4 is 15.8 Å². The van der Waals surface area contributed by atoms with Crippen molar-refractivity contribution in [3.63, 3.8) is 0 Å². The molecule has 6 heteroatoms. The summed E-state index contributed by atoms with van der Waals surface area (Å²) in [7, 11) is 0. The minimum absolute atomic E-state index is 0.0524. The van der Waals surface area contributed by atoms with E-state index < -0.39 is 11.7 Å². The smallest absolute Gasteiger partial charge is 0.250 e. The largest absolute Gasteiger partial charge is 0.488 e. The molecule has 0 aromatic heterocycles. The highest BCUT2D eigenvalue weighted by atomic mass is 32.2. The number of halogens is 1. The molecule has 132 valence electrons. The molecule has 3 N–H and O–H groups in total. The average Bonchev–Trinajstić information content (AvgIpc) is 3.40. The number of amides is 1. The van der Waals surface area contributed by atoms with Crippen molar-refractivity contribution in [2.24, 2.45) is 11.7 Å². The minimum atomic E-state index is -0.628. The van der Waals surface area contributed by atoms with Gasteiger partial charge in [-0.1, -0.05) is 0 Å². The first-order valence-electron chi connectivity index (χ1n) is 8.16. The predicted molar refractivity (Wildman–Crippen MR) is 99.4 cm³/mol. The first-order valence-corrected chi connectivity index (χ1v) is 9.39. The number of benzene rings is 2. The van der Waals surface area contributed by atoms with E-state index in [1.165, 1.54) is 12.1 Å². The molecule has 1 fully saturated rings. The van der Waals surface area contributed by atoms with Crippen LogP contribution in [0.1, 0.15) is 28.8 Å². The zero-order valence-corrected chi connectivity index (χ0v) is 15.1. The number of carbonyl (C=O) groups excluding carboxylic acids is 1. The Balaban J connectivity index is 1.99. The molecule has 3 rings (SSSR count). The number of aryl methyl sites for hydroxylation is 1. The van der Waals surface area contributed by atoms with Crippen molar-refractivity contribution in [2.75, 3.05) is 18.2 Å². The van der Waals surface area contributed by atoms with Crippen LogP contribution in [-0.2, 0) is 0 Å². The van der Waals surface area contributed by atoms with Gasteiger partial charge in [0, 0.05) is 10.6 Å². The molecule has 0 saturated heterocycles. The topological polar surface area (TPSA) is 64.3 Å². The number of primary amides is 1. The van der Waals surface area contributed by atoms with Crippen LogP contribution in [0.2, 0.25) is 0 Å². The van der Waals surface area contributed by atoms with Gasteiger partial charge in [-0.05, 0) is 67.8 Å². The summed E-state index contributed by atoms with van der Waals surface area (Å²) in [6, 6.07) is 8.50. The highest BCUT2D eigenvalue weighted by molar-refractivity contribution is 7.98. The van der Waals surface area contributed by atoms with E-state index in [1.54, 1.807) is 11.8 Å². The number of hydrogen-bond acceptors (Lipinski definition) is 4. The lowest BCUT2D eigenvalue weighted by Crippen LogP contribution is -2.15. The van der Waals surface area contributed by atoms with Gasteiger partial charge in [0.1, 0.15) is 0 Å². The fourth-order valence-electron chi connectivity index (χ4n) is 2.55. The molecule has 0 atom stereocenters. The Morgan fingerprint density at radius 3 is 2.72 bits per heavy atom. The van der Waals surface area contributed by atoms with Gasteiger partial charge < -0.3 is 15.8 Å². The van der Waals surface area contributed by atoms with Crippen LogP contribution in [0, 0.1) is 18.7 Å². The van der Waals surface area contributed by atoms with E-state index in [0.717, 1.165) is 29.0 Å². The Morgan fingerprint density at radius 2 is 2.12 bits per heavy atom. The van der Waals surface area contributed by atoms with E-state index in [9.17, 15) is 9.18 Å². The highest BCUT2D eigenvalue weighted by Crippen LogP contribution is 2.37. The van der Waals surface area contributed by atoms with E-state index in [1.807, 2.05) is 31.4 Å². The quantitative estimate of drug-likeness (QED) is 0.714. The SMILES string of the molecule is CSc1ccc(Nc2c(C(N)=O)ccc(F)c2OCC2CC2)c(C)c1. The summed E-state index contributed by atoms with van der Waals surface area (Å²) < 4.78 is 20.1. The van der Waals surface area contributed by atoms with Crippen molar-refractivity contribution in [2.45, 2.75) is 24.7 Å². The molecule has 2 aromatic rings. The van der Waals surface area contributed by atoms with Crippen molar-refractivity contribution >= 4 is 29.0 Å². The van der Waals surface area contributed by atoms with Gasteiger partial charge in [0.2, 0.25) is 0 Å². The summed E-state index contributed by atoms with van der Waals surface area (Å²) in [5, 5.41) is 3.15. The normalized spacial score (nSPS) is 13.6. The van der Waals surface area contributed by atoms with E-state index in [-0.39, 0.29) is 17.0 Å². The van der Waals surface area contributed by atoms with Crippen LogP contribution in [0.15, 0.2) is 35.2 Å². The number of hydrogen-bond donors (Lipinski definition) is 2. The fourth-order valence-corrected chi connectivity index (χ4v) is 3.05. The Hall–Kier alpha value is -2.21. The summed E-state index contributed by atoms with van der Waals surface area (Å²) in [5.74, 6) is -0.618. The van der Waals surface area contributed by atoms with E-state index in [2.05, 4.69) is 5.32 Å². The molecule has 4 nitrogen and oxygen atoms in total. The zero-order valence-electron chi connectivity index (χ0n) is 14.3. The van der Waals surface area contributed by atoms with Crippen LogP contribution in [0.25, 0.3) is 0 Å². The molecular weight excluding hydrogens is 339 g/mol. The molecule has 1 amide bonds. The number of carbonyl (C=O) groups is 1. The molecule has 0 aliphatic heterocycles. The number of rotatable bonds is 7. The molecule has 1 aliphatic rings. The standard InChI is InChI=1S/C19H21FN2O2S/c1-11-9-13(25-2)5-8-16(11)22-17-14(19(21)23)6-7-15(20)18(17)24-10-12-3-4-12/h5-9,12,22H,3-4,10H2,1-2H3,(H2,21,23). The second-order valence-electron chi connectivity index (χ2n) is 6.22. The third kappa shape index (κ3) is 4.07. The molecule has 0 unspecified atom stereocenters. The van der Waals surface area contributed by atoms with Crippen molar-refractivity contribution in [3.05, 3.63) is 47.3 Å². The third-order valence-electron chi connectivity index (χ3n) is 4.23. The number of nitrogens with two attached hydrogens (primary N) is 1. The maximum atomic E-state index is 14.4. The van der Waals surface area contributed by atoms with Gasteiger partial charge in [-0.2, -0.15) is 0 Å². The Morgan fingerprint density at radius 1 is 1.36 bits per heavy atom. The molecular formula is C19H21FN2O2S. The van der Waals surface area contributed by atoms with Crippen LogP contribution in [0.4, 0.5) is 15.8 Å². The van der Waals surface area contributed by atoms with Crippen molar-refractivity contribution < 1.29 is 13.9 Å². The van der Waals surface area contributed by atoms with Gasteiger partial charge in [-0.15, -0.1) is 11.8 Å². The average molecular weight is 360 g/mol. The predicted octanol–water partition coefficient (Wildman–Crippen LogP) is 4.49. The fraction of sp³-hybridized carbons (Fsp3) is 0.316. The molecule has 2 aromatic carbocycles. The van der Waals surface area contributed by atoms with Gasteiger partial charge in [-0.25, -0.2) is 4.39 Å². The summed E-state index contributed by atoms with van der Waals surface area (Å²) in [5.41, 5.74) is 7.74. The van der Waals surface area contributed by atoms with E-state index >= 15 is 0 Å². The number of nitrogens with one attached hydrogen (secondary N) is 1. The van der Waals surface area contributed by atoms with Gasteiger partial charge >= 0.3 is 0 Å². The lowest BCUT2D eigenvalue weighted by atomic mass is 10.1. The van der Waals surface area contributed by atoms with Crippen LogP contribution in [0.5, 0.6) is 5.75 Å². The van der Waals surface area contributed by atoms with Gasteiger partial charge in [0.15, 0.2) is 11.6 Å². The first kappa shape index (κ1) is 17.6. The van der Waals surface area contributed by atoms with Crippen LogP contribution in [-0.4, -0.2) is 18.8 Å². The summed E-state index contributed by atoms with van der Waals surface area (Å²) in [4.78, 5) is 12.9. The maximum Gasteiger partial charge on any atom is 0.250 e. The molecule has 0 bridgehead atoms. The van der Waals surface area contributed by atoms with E-state index in [0.29, 0.717) is 12.5 Å². The van der Waals surface area contributed by atoms with Gasteiger partial charge in [0.05, 0.1) is 17.9 Å². The number of anilines is 2. The Labute approximate surface area is 150 Å². The van der Waals surface area contributed by atoms with Crippen molar-refractivity contribution in [1.82, 2.24) is 0 Å². The molecule has 0 radical (unpaired) electrons. The Kier molecular flexibility index (Phi) is 5.18. The minimum Gasteiger partial charge on any atom is -0.488 e. The molecule has 0 heterocycles. The second kappa shape index (κ2) is 7.35. The lowest BCUT2D eigenvalue weighted by molar-refractivity contribution is 0.100. The first-order chi connectivity index (χ1) is 12.0. The molecule has 0 spiro atoms. The van der Waals surface area contributed by atoms with Crippen molar-refractivity contribution in [1.29, 1.82) is 0 Å². The lowest BCUT2D eigenvalue weighted by Gasteiger charge is -2.18. The molecule has 1 saturated carbocycles. The second-order valence-corrected chi connectivity index (χ2v) is 7.10. The summed E-state index contributed by atoms with van der Waals surface area (Å²) >= 11 is 1.64. The molecule has 25 heavy (non-hydrogen) atoms. The summed E-state index contributed by atoms with van der Waals surface area (Å²) in [6.07, 6.45) is 4.19. The van der Waals surface area contributed by atoms with Crippen LogP contribution in [0.3, 0.4) is 0 Å². The number of ether oxygens (including phenoxy) is 1. The summed E-state index contributed by atoms with van der Waals surface area (Å²) in [6.45, 7) is 2.40. The molecule has 1 aliphatic carbocycles. The third-order valence-corrected chi connectivity index (χ3v) is 4.95. The van der Waals surface area contributed by atoms with Gasteiger partial charge in [0.25, 0.3) is 5.91 Å². The Bertz CT molecular complexity index is 806. The number of thioether (sulfide) groups is 1. The maximum absolute atomic E-state index is 14.4. The van der Waals surface area contributed by atoms with Gasteiger partial charge in [-0.3, -0.25) is 4.79 Å². The van der Waals surface area contributed by atoms with E-state index in [4.69, 9.17) is 10.5 Å².